The van der Waals surface area contributed by atoms with Crippen molar-refractivity contribution in [1.29, 1.82) is 0 Å². The largest absolute Gasteiger partial charge is 0.366 e. The molecule has 1 aliphatic rings. The van der Waals surface area contributed by atoms with Gasteiger partial charge in [-0.05, 0) is 24.7 Å². The summed E-state index contributed by atoms with van der Waals surface area (Å²) in [6.45, 7) is 4.22. The van der Waals surface area contributed by atoms with Crippen LogP contribution in [-0.4, -0.2) is 55.5 Å². The standard InChI is InChI=1S/C21H26FN3O/c1-23(17-18-7-3-2-4-8-18)12-11-21(26)25-15-13-24(14-16-25)20-10-6-5-9-19(20)22/h2-10H,11-17H2,1H3. The van der Waals surface area contributed by atoms with Crippen LogP contribution in [0.5, 0.6) is 0 Å². The lowest BCUT2D eigenvalue weighted by atomic mass is 10.2. The van der Waals surface area contributed by atoms with Gasteiger partial charge in [-0.1, -0.05) is 42.5 Å². The van der Waals surface area contributed by atoms with E-state index in [9.17, 15) is 9.18 Å². The third-order valence-electron chi connectivity index (χ3n) is 4.83. The molecule has 2 aromatic rings. The quantitative estimate of drug-likeness (QED) is 0.797. The Labute approximate surface area is 154 Å². The predicted molar refractivity (Wildman–Crippen MR) is 103 cm³/mol. The minimum absolute atomic E-state index is 0.179. The van der Waals surface area contributed by atoms with E-state index in [0.29, 0.717) is 38.3 Å². The normalized spacial score (nSPS) is 14.7. The molecular formula is C21H26FN3O. The number of hydrogen-bond donors (Lipinski definition) is 0. The van der Waals surface area contributed by atoms with Crippen LogP contribution in [0.25, 0.3) is 0 Å². The van der Waals surface area contributed by atoms with Gasteiger partial charge in [0.25, 0.3) is 0 Å². The number of para-hydroxylation sites is 1. The van der Waals surface area contributed by atoms with E-state index in [1.165, 1.54) is 11.6 Å². The summed E-state index contributed by atoms with van der Waals surface area (Å²) in [5.74, 6) is -0.0205. The van der Waals surface area contributed by atoms with Gasteiger partial charge in [0.2, 0.25) is 5.91 Å². The molecule has 1 amide bonds. The van der Waals surface area contributed by atoms with E-state index in [0.717, 1.165) is 13.1 Å². The molecule has 0 spiro atoms. The Bertz CT molecular complexity index is 714. The van der Waals surface area contributed by atoms with Gasteiger partial charge in [0.1, 0.15) is 5.82 Å². The number of piperazine rings is 1. The highest BCUT2D eigenvalue weighted by molar-refractivity contribution is 5.76. The average molecular weight is 355 g/mol. The fraction of sp³-hybridized carbons (Fsp3) is 0.381. The summed E-state index contributed by atoms with van der Waals surface area (Å²) < 4.78 is 13.9. The predicted octanol–water partition coefficient (Wildman–Crippen LogP) is 3.00. The van der Waals surface area contributed by atoms with Crippen LogP contribution in [0, 0.1) is 5.82 Å². The average Bonchev–Trinajstić information content (AvgIpc) is 2.67. The van der Waals surface area contributed by atoms with Gasteiger partial charge in [-0.25, -0.2) is 4.39 Å². The summed E-state index contributed by atoms with van der Waals surface area (Å²) in [7, 11) is 2.04. The Hall–Kier alpha value is -2.40. The maximum atomic E-state index is 13.9. The summed E-state index contributed by atoms with van der Waals surface area (Å²) in [6, 6.07) is 17.1. The van der Waals surface area contributed by atoms with Crippen molar-refractivity contribution in [1.82, 2.24) is 9.80 Å². The monoisotopic (exact) mass is 355 g/mol. The van der Waals surface area contributed by atoms with E-state index in [1.54, 1.807) is 12.1 Å². The zero-order valence-electron chi connectivity index (χ0n) is 15.3. The lowest BCUT2D eigenvalue weighted by Crippen LogP contribution is -2.49. The van der Waals surface area contributed by atoms with E-state index in [4.69, 9.17) is 0 Å². The van der Waals surface area contributed by atoms with Crippen LogP contribution in [0.1, 0.15) is 12.0 Å². The number of anilines is 1. The van der Waals surface area contributed by atoms with Crippen molar-refractivity contribution in [2.75, 3.05) is 44.7 Å². The highest BCUT2D eigenvalue weighted by atomic mass is 19.1. The SMILES string of the molecule is CN(CCC(=O)N1CCN(c2ccccc2F)CC1)Cc1ccccc1. The molecule has 1 aliphatic heterocycles. The minimum Gasteiger partial charge on any atom is -0.366 e. The molecular weight excluding hydrogens is 329 g/mol. The number of nitrogens with zero attached hydrogens (tertiary/aromatic N) is 3. The first-order valence-corrected chi connectivity index (χ1v) is 9.13. The van der Waals surface area contributed by atoms with Gasteiger partial charge >= 0.3 is 0 Å². The summed E-state index contributed by atoms with van der Waals surface area (Å²) in [5, 5.41) is 0. The van der Waals surface area contributed by atoms with E-state index >= 15 is 0 Å². The van der Waals surface area contributed by atoms with Crippen molar-refractivity contribution < 1.29 is 9.18 Å². The molecule has 0 atom stereocenters. The van der Waals surface area contributed by atoms with Crippen LogP contribution in [-0.2, 0) is 11.3 Å². The molecule has 138 valence electrons. The lowest BCUT2D eigenvalue weighted by molar-refractivity contribution is -0.131. The van der Waals surface area contributed by atoms with E-state index in [-0.39, 0.29) is 11.7 Å². The highest BCUT2D eigenvalue weighted by Gasteiger charge is 2.22. The minimum atomic E-state index is -0.199. The molecule has 0 saturated carbocycles. The smallest absolute Gasteiger partial charge is 0.223 e. The number of carbonyl (C=O) groups is 1. The van der Waals surface area contributed by atoms with Crippen molar-refractivity contribution in [2.45, 2.75) is 13.0 Å². The molecule has 0 unspecified atom stereocenters. The molecule has 3 rings (SSSR count). The molecule has 1 fully saturated rings. The molecule has 0 aliphatic carbocycles. The molecule has 4 nitrogen and oxygen atoms in total. The Morgan fingerprint density at radius 3 is 2.35 bits per heavy atom. The number of halogens is 1. The van der Waals surface area contributed by atoms with Gasteiger partial charge in [-0.3, -0.25) is 4.79 Å². The second kappa shape index (κ2) is 8.81. The van der Waals surface area contributed by atoms with Crippen LogP contribution >= 0.6 is 0 Å². The topological polar surface area (TPSA) is 26.8 Å². The van der Waals surface area contributed by atoms with Gasteiger partial charge in [0.15, 0.2) is 0 Å². The van der Waals surface area contributed by atoms with Gasteiger partial charge in [-0.2, -0.15) is 0 Å². The molecule has 26 heavy (non-hydrogen) atoms. The van der Waals surface area contributed by atoms with E-state index < -0.39 is 0 Å². The molecule has 0 radical (unpaired) electrons. The molecule has 0 aromatic heterocycles. The second-order valence-corrected chi connectivity index (χ2v) is 6.79. The Morgan fingerprint density at radius 2 is 1.65 bits per heavy atom. The van der Waals surface area contributed by atoms with Gasteiger partial charge < -0.3 is 14.7 Å². The second-order valence-electron chi connectivity index (χ2n) is 6.79. The zero-order valence-corrected chi connectivity index (χ0v) is 15.3. The number of carbonyl (C=O) groups excluding carboxylic acids is 1. The number of rotatable bonds is 6. The van der Waals surface area contributed by atoms with Crippen molar-refractivity contribution in [3.05, 3.63) is 66.0 Å². The van der Waals surface area contributed by atoms with Crippen LogP contribution in [0.3, 0.4) is 0 Å². The Kier molecular flexibility index (Phi) is 6.23. The van der Waals surface area contributed by atoms with E-state index in [1.807, 2.05) is 41.1 Å². The van der Waals surface area contributed by atoms with Gasteiger partial charge in [-0.15, -0.1) is 0 Å². The number of hydrogen-bond acceptors (Lipinski definition) is 3. The molecule has 1 saturated heterocycles. The summed E-state index contributed by atoms with van der Waals surface area (Å²) in [4.78, 5) is 18.6. The van der Waals surface area contributed by atoms with Crippen molar-refractivity contribution in [2.24, 2.45) is 0 Å². The fourth-order valence-corrected chi connectivity index (χ4v) is 3.32. The number of amides is 1. The first kappa shape index (κ1) is 18.4. The van der Waals surface area contributed by atoms with Crippen LogP contribution < -0.4 is 4.90 Å². The van der Waals surface area contributed by atoms with Crippen molar-refractivity contribution in [3.63, 3.8) is 0 Å². The molecule has 0 N–H and O–H groups in total. The summed E-state index contributed by atoms with van der Waals surface area (Å²) in [6.07, 6.45) is 0.517. The van der Waals surface area contributed by atoms with Crippen LogP contribution in [0.4, 0.5) is 10.1 Å². The molecule has 2 aromatic carbocycles. The summed E-state index contributed by atoms with van der Waals surface area (Å²) in [5.41, 5.74) is 1.88. The zero-order chi connectivity index (χ0) is 18.4. The van der Waals surface area contributed by atoms with Crippen LogP contribution in [0.15, 0.2) is 54.6 Å². The molecule has 0 bridgehead atoms. The first-order chi connectivity index (χ1) is 12.6. The summed E-state index contributed by atoms with van der Waals surface area (Å²) >= 11 is 0. The first-order valence-electron chi connectivity index (χ1n) is 9.13. The Balaban J connectivity index is 1.43. The highest BCUT2D eigenvalue weighted by Crippen LogP contribution is 2.20. The molecule has 1 heterocycles. The van der Waals surface area contributed by atoms with Gasteiger partial charge in [0, 0.05) is 45.7 Å². The van der Waals surface area contributed by atoms with E-state index in [2.05, 4.69) is 17.0 Å². The lowest BCUT2D eigenvalue weighted by Gasteiger charge is -2.36. The number of benzene rings is 2. The molecule has 5 heteroatoms. The third kappa shape index (κ3) is 4.82. The maximum absolute atomic E-state index is 13.9. The Morgan fingerprint density at radius 1 is 1.00 bits per heavy atom. The van der Waals surface area contributed by atoms with Crippen molar-refractivity contribution in [3.8, 4) is 0 Å². The third-order valence-corrected chi connectivity index (χ3v) is 4.83. The van der Waals surface area contributed by atoms with Crippen molar-refractivity contribution >= 4 is 11.6 Å². The maximum Gasteiger partial charge on any atom is 0.223 e. The van der Waals surface area contributed by atoms with Gasteiger partial charge in [0.05, 0.1) is 5.69 Å². The van der Waals surface area contributed by atoms with Crippen LogP contribution in [0.2, 0.25) is 0 Å². The fourth-order valence-electron chi connectivity index (χ4n) is 3.32.